The Bertz CT molecular complexity index is 444. The van der Waals surface area contributed by atoms with E-state index in [9.17, 15) is 14.3 Å². The van der Waals surface area contributed by atoms with Crippen molar-refractivity contribution in [1.82, 2.24) is 4.90 Å². The number of hydrogen-bond donors (Lipinski definition) is 1. The third kappa shape index (κ3) is 3.67. The second-order valence-corrected chi connectivity index (χ2v) is 4.77. The van der Waals surface area contributed by atoms with E-state index in [1.165, 1.54) is 12.1 Å². The molecule has 1 unspecified atom stereocenters. The summed E-state index contributed by atoms with van der Waals surface area (Å²) in [4.78, 5) is 13.8. The molecule has 5 heteroatoms. The van der Waals surface area contributed by atoms with Crippen molar-refractivity contribution < 1.29 is 19.0 Å². The molecule has 1 saturated heterocycles. The van der Waals surface area contributed by atoms with Crippen LogP contribution in [0.3, 0.4) is 0 Å². The SMILES string of the molecule is CC(Oc1cccc(F)c1)C(=O)N1CCC(O)CC1. The summed E-state index contributed by atoms with van der Waals surface area (Å²) in [7, 11) is 0. The van der Waals surface area contributed by atoms with E-state index in [1.54, 1.807) is 24.0 Å². The number of hydrogen-bond acceptors (Lipinski definition) is 3. The van der Waals surface area contributed by atoms with E-state index >= 15 is 0 Å². The molecule has 1 fully saturated rings. The van der Waals surface area contributed by atoms with Crippen molar-refractivity contribution in [2.24, 2.45) is 0 Å². The fourth-order valence-electron chi connectivity index (χ4n) is 2.14. The molecule has 0 spiro atoms. The lowest BCUT2D eigenvalue weighted by molar-refractivity contribution is -0.139. The van der Waals surface area contributed by atoms with Crippen molar-refractivity contribution in [2.45, 2.75) is 32.0 Å². The summed E-state index contributed by atoms with van der Waals surface area (Å²) in [6, 6.07) is 5.74. The Morgan fingerprint density at radius 1 is 1.47 bits per heavy atom. The van der Waals surface area contributed by atoms with E-state index in [0.717, 1.165) is 0 Å². The van der Waals surface area contributed by atoms with Crippen molar-refractivity contribution in [3.05, 3.63) is 30.1 Å². The highest BCUT2D eigenvalue weighted by molar-refractivity contribution is 5.81. The summed E-state index contributed by atoms with van der Waals surface area (Å²) in [6.45, 7) is 2.73. The van der Waals surface area contributed by atoms with Gasteiger partial charge in [0.15, 0.2) is 6.10 Å². The van der Waals surface area contributed by atoms with Gasteiger partial charge in [-0.1, -0.05) is 6.07 Å². The van der Waals surface area contributed by atoms with Crippen molar-refractivity contribution >= 4 is 5.91 Å². The fourth-order valence-corrected chi connectivity index (χ4v) is 2.14. The number of amides is 1. The van der Waals surface area contributed by atoms with E-state index in [0.29, 0.717) is 31.7 Å². The maximum Gasteiger partial charge on any atom is 0.263 e. The number of carbonyl (C=O) groups is 1. The van der Waals surface area contributed by atoms with Gasteiger partial charge in [-0.3, -0.25) is 4.79 Å². The highest BCUT2D eigenvalue weighted by Crippen LogP contribution is 2.16. The molecule has 1 aromatic rings. The Labute approximate surface area is 111 Å². The number of halogens is 1. The molecule has 1 heterocycles. The first-order valence-corrected chi connectivity index (χ1v) is 6.45. The number of ether oxygens (including phenoxy) is 1. The van der Waals surface area contributed by atoms with E-state index in [4.69, 9.17) is 4.74 Å². The first kappa shape index (κ1) is 13.8. The molecule has 1 amide bonds. The normalized spacial score (nSPS) is 18.2. The second kappa shape index (κ2) is 6.02. The van der Waals surface area contributed by atoms with Crippen LogP contribution in [-0.2, 0) is 4.79 Å². The molecular formula is C14H18FNO3. The van der Waals surface area contributed by atoms with Crippen molar-refractivity contribution in [1.29, 1.82) is 0 Å². The predicted octanol–water partition coefficient (Wildman–Crippen LogP) is 1.58. The van der Waals surface area contributed by atoms with Crippen molar-refractivity contribution in [3.63, 3.8) is 0 Å². The van der Waals surface area contributed by atoms with E-state index in [1.807, 2.05) is 0 Å². The minimum absolute atomic E-state index is 0.129. The fraction of sp³-hybridized carbons (Fsp3) is 0.500. The minimum atomic E-state index is -0.656. The predicted molar refractivity (Wildman–Crippen MR) is 68.3 cm³/mol. The molecule has 0 radical (unpaired) electrons. The molecule has 2 rings (SSSR count). The maximum atomic E-state index is 13.0. The van der Waals surface area contributed by atoms with Gasteiger partial charge in [0, 0.05) is 19.2 Å². The molecule has 19 heavy (non-hydrogen) atoms. The molecule has 1 aliphatic rings. The van der Waals surface area contributed by atoms with Gasteiger partial charge in [-0.2, -0.15) is 0 Å². The standard InChI is InChI=1S/C14H18FNO3/c1-10(19-13-4-2-3-11(15)9-13)14(18)16-7-5-12(17)6-8-16/h2-4,9-10,12,17H,5-8H2,1H3. The van der Waals surface area contributed by atoms with Crippen LogP contribution in [0, 0.1) is 5.82 Å². The van der Waals surface area contributed by atoms with Gasteiger partial charge in [-0.15, -0.1) is 0 Å². The molecule has 0 bridgehead atoms. The van der Waals surface area contributed by atoms with Gasteiger partial charge in [0.1, 0.15) is 11.6 Å². The average Bonchev–Trinajstić information content (AvgIpc) is 2.39. The summed E-state index contributed by atoms with van der Waals surface area (Å²) in [5.41, 5.74) is 0. The summed E-state index contributed by atoms with van der Waals surface area (Å²) in [5.74, 6) is -0.174. The summed E-state index contributed by atoms with van der Waals surface area (Å²) in [6.07, 6.45) is 0.220. The minimum Gasteiger partial charge on any atom is -0.481 e. The number of aliphatic hydroxyl groups is 1. The Balaban J connectivity index is 1.92. The third-order valence-corrected chi connectivity index (χ3v) is 3.23. The van der Waals surface area contributed by atoms with Crippen LogP contribution in [0.1, 0.15) is 19.8 Å². The van der Waals surface area contributed by atoms with Crippen LogP contribution in [0.25, 0.3) is 0 Å². The average molecular weight is 267 g/mol. The second-order valence-electron chi connectivity index (χ2n) is 4.77. The number of benzene rings is 1. The zero-order chi connectivity index (χ0) is 13.8. The summed E-state index contributed by atoms with van der Waals surface area (Å²) < 4.78 is 18.5. The van der Waals surface area contributed by atoms with Gasteiger partial charge >= 0.3 is 0 Å². The Kier molecular flexibility index (Phi) is 4.37. The molecule has 0 aromatic heterocycles. The molecule has 0 aliphatic carbocycles. The highest BCUT2D eigenvalue weighted by atomic mass is 19.1. The largest absolute Gasteiger partial charge is 0.481 e. The molecule has 1 N–H and O–H groups in total. The monoisotopic (exact) mass is 267 g/mol. The van der Waals surface area contributed by atoms with E-state index < -0.39 is 11.9 Å². The Morgan fingerprint density at radius 2 is 2.16 bits per heavy atom. The Morgan fingerprint density at radius 3 is 2.79 bits per heavy atom. The third-order valence-electron chi connectivity index (χ3n) is 3.23. The quantitative estimate of drug-likeness (QED) is 0.904. The van der Waals surface area contributed by atoms with Gasteiger partial charge in [0.05, 0.1) is 6.10 Å². The molecule has 1 atom stereocenters. The van der Waals surface area contributed by atoms with E-state index in [-0.39, 0.29) is 12.0 Å². The van der Waals surface area contributed by atoms with Gasteiger partial charge in [0.2, 0.25) is 0 Å². The number of likely N-dealkylation sites (tertiary alicyclic amines) is 1. The van der Waals surface area contributed by atoms with Gasteiger partial charge < -0.3 is 14.7 Å². The molecule has 1 aromatic carbocycles. The smallest absolute Gasteiger partial charge is 0.263 e. The highest BCUT2D eigenvalue weighted by Gasteiger charge is 2.26. The van der Waals surface area contributed by atoms with Crippen molar-refractivity contribution in [3.8, 4) is 5.75 Å². The van der Waals surface area contributed by atoms with Gasteiger partial charge in [-0.05, 0) is 31.9 Å². The van der Waals surface area contributed by atoms with E-state index in [2.05, 4.69) is 0 Å². The number of nitrogens with zero attached hydrogens (tertiary/aromatic N) is 1. The van der Waals surface area contributed by atoms with Gasteiger partial charge in [-0.25, -0.2) is 4.39 Å². The van der Waals surface area contributed by atoms with Crippen molar-refractivity contribution in [2.75, 3.05) is 13.1 Å². The zero-order valence-electron chi connectivity index (χ0n) is 10.9. The first-order chi connectivity index (χ1) is 9.06. The lowest BCUT2D eigenvalue weighted by Gasteiger charge is -2.31. The van der Waals surface area contributed by atoms with Gasteiger partial charge in [0.25, 0.3) is 5.91 Å². The molecule has 104 valence electrons. The van der Waals surface area contributed by atoms with Crippen LogP contribution < -0.4 is 4.74 Å². The lowest BCUT2D eigenvalue weighted by Crippen LogP contribution is -2.45. The molecular weight excluding hydrogens is 249 g/mol. The summed E-state index contributed by atoms with van der Waals surface area (Å²) >= 11 is 0. The number of aliphatic hydroxyl groups excluding tert-OH is 1. The number of piperidine rings is 1. The lowest BCUT2D eigenvalue weighted by atomic mass is 10.1. The van der Waals surface area contributed by atoms with Crippen LogP contribution in [-0.4, -0.2) is 41.2 Å². The van der Waals surface area contributed by atoms with Crippen LogP contribution in [0.4, 0.5) is 4.39 Å². The zero-order valence-corrected chi connectivity index (χ0v) is 10.9. The summed E-state index contributed by atoms with van der Waals surface area (Å²) in [5, 5.41) is 9.40. The van der Waals surface area contributed by atoms with Crippen LogP contribution in [0.15, 0.2) is 24.3 Å². The number of carbonyl (C=O) groups excluding carboxylic acids is 1. The number of rotatable bonds is 3. The first-order valence-electron chi connectivity index (χ1n) is 6.45. The maximum absolute atomic E-state index is 13.0. The molecule has 1 aliphatic heterocycles. The van der Waals surface area contributed by atoms with Crippen LogP contribution in [0.2, 0.25) is 0 Å². The molecule has 0 saturated carbocycles. The topological polar surface area (TPSA) is 49.8 Å². The Hall–Kier alpha value is -1.62. The van der Waals surface area contributed by atoms with Crippen LogP contribution in [0.5, 0.6) is 5.75 Å². The molecule has 4 nitrogen and oxygen atoms in total. The van der Waals surface area contributed by atoms with Crippen LogP contribution >= 0.6 is 0 Å².